The minimum absolute atomic E-state index is 0.00186. The Hall–Kier alpha value is -3.99. The third-order valence-corrected chi connectivity index (χ3v) is 9.10. The van der Waals surface area contributed by atoms with Crippen LogP contribution in [0.3, 0.4) is 0 Å². The SMILES string of the molecule is COc1ccc(OC)c(C2SCC(=O)N(CC(=O)N3CCN(C(C)=O)CC3)c3c2c(-c2ccccc2)nn3C(C)(C)C)c1. The van der Waals surface area contributed by atoms with Crippen molar-refractivity contribution in [2.75, 3.05) is 57.6 Å². The molecular formula is C32H39N5O5S. The highest BCUT2D eigenvalue weighted by Crippen LogP contribution is 2.51. The molecule has 5 rings (SSSR count). The minimum Gasteiger partial charge on any atom is -0.497 e. The maximum absolute atomic E-state index is 14.0. The van der Waals surface area contributed by atoms with Gasteiger partial charge < -0.3 is 19.3 Å². The number of aromatic nitrogens is 2. The van der Waals surface area contributed by atoms with Crippen molar-refractivity contribution in [2.45, 2.75) is 38.5 Å². The summed E-state index contributed by atoms with van der Waals surface area (Å²) in [6.45, 7) is 9.36. The molecule has 3 heterocycles. The predicted octanol–water partition coefficient (Wildman–Crippen LogP) is 4.18. The summed E-state index contributed by atoms with van der Waals surface area (Å²) in [7, 11) is 3.25. The van der Waals surface area contributed by atoms with Crippen LogP contribution < -0.4 is 14.4 Å². The molecule has 0 radical (unpaired) electrons. The number of rotatable bonds is 6. The molecule has 1 fully saturated rings. The second-order valence-corrected chi connectivity index (χ2v) is 12.8. The maximum atomic E-state index is 14.0. The lowest BCUT2D eigenvalue weighted by atomic mass is 9.98. The largest absolute Gasteiger partial charge is 0.497 e. The zero-order valence-corrected chi connectivity index (χ0v) is 26.4. The summed E-state index contributed by atoms with van der Waals surface area (Å²) in [4.78, 5) is 44.7. The Morgan fingerprint density at radius 1 is 0.977 bits per heavy atom. The van der Waals surface area contributed by atoms with Crippen LogP contribution >= 0.6 is 11.8 Å². The van der Waals surface area contributed by atoms with Gasteiger partial charge in [0.05, 0.1) is 36.5 Å². The van der Waals surface area contributed by atoms with Gasteiger partial charge >= 0.3 is 0 Å². The van der Waals surface area contributed by atoms with Crippen molar-refractivity contribution >= 4 is 35.3 Å². The molecule has 11 heteroatoms. The predicted molar refractivity (Wildman–Crippen MR) is 168 cm³/mol. The van der Waals surface area contributed by atoms with Crippen LogP contribution in [0.4, 0.5) is 5.82 Å². The summed E-state index contributed by atoms with van der Waals surface area (Å²) in [5.74, 6) is 1.78. The van der Waals surface area contributed by atoms with Crippen molar-refractivity contribution in [1.82, 2.24) is 19.6 Å². The standard InChI is InChI=1S/C32H39N5O5S/c1-21(38)34-14-16-35(17-15-34)26(39)19-36-27(40)20-43-30(24-18-23(41-5)12-13-25(24)42-6)28-29(22-10-8-7-9-11-22)33-37(31(28)36)32(2,3)4/h7-13,18,30H,14-17,19-20H2,1-6H3. The number of benzene rings is 2. The molecule has 1 atom stereocenters. The van der Waals surface area contributed by atoms with E-state index >= 15 is 0 Å². The van der Waals surface area contributed by atoms with Crippen molar-refractivity contribution in [3.63, 3.8) is 0 Å². The molecule has 1 unspecified atom stereocenters. The van der Waals surface area contributed by atoms with E-state index in [1.165, 1.54) is 18.7 Å². The normalized spacial score (nSPS) is 17.4. The summed E-state index contributed by atoms with van der Waals surface area (Å²) in [5.41, 5.74) is 2.85. The summed E-state index contributed by atoms with van der Waals surface area (Å²) < 4.78 is 13.3. The zero-order valence-electron chi connectivity index (χ0n) is 25.6. The molecule has 0 bridgehead atoms. The van der Waals surface area contributed by atoms with Gasteiger partial charge in [0.15, 0.2) is 0 Å². The number of carbonyl (C=O) groups is 3. The van der Waals surface area contributed by atoms with Gasteiger partial charge in [-0.3, -0.25) is 19.3 Å². The Morgan fingerprint density at radius 3 is 2.26 bits per heavy atom. The van der Waals surface area contributed by atoms with Crippen LogP contribution in [0.1, 0.15) is 44.1 Å². The molecule has 2 aromatic carbocycles. The van der Waals surface area contributed by atoms with E-state index in [9.17, 15) is 14.4 Å². The molecule has 1 saturated heterocycles. The van der Waals surface area contributed by atoms with Gasteiger partial charge in [0, 0.05) is 49.8 Å². The van der Waals surface area contributed by atoms with Crippen LogP contribution in [0.2, 0.25) is 0 Å². The van der Waals surface area contributed by atoms with Crippen molar-refractivity contribution in [1.29, 1.82) is 0 Å². The first kappa shape index (κ1) is 30.5. The average Bonchev–Trinajstić information content (AvgIpc) is 3.35. The molecule has 228 valence electrons. The third kappa shape index (κ3) is 6.08. The van der Waals surface area contributed by atoms with E-state index in [4.69, 9.17) is 14.6 Å². The van der Waals surface area contributed by atoms with Crippen LogP contribution in [0.5, 0.6) is 11.5 Å². The lowest BCUT2D eigenvalue weighted by Crippen LogP contribution is -2.53. The molecule has 0 spiro atoms. The van der Waals surface area contributed by atoms with Crippen LogP contribution in [0.25, 0.3) is 11.3 Å². The van der Waals surface area contributed by atoms with E-state index in [0.717, 1.165) is 22.4 Å². The van der Waals surface area contributed by atoms with Crippen LogP contribution in [0.15, 0.2) is 48.5 Å². The van der Waals surface area contributed by atoms with Gasteiger partial charge in [-0.1, -0.05) is 30.3 Å². The molecule has 0 saturated carbocycles. The van der Waals surface area contributed by atoms with Gasteiger partial charge in [0.2, 0.25) is 17.7 Å². The van der Waals surface area contributed by atoms with Gasteiger partial charge in [0.25, 0.3) is 0 Å². The molecule has 3 aromatic rings. The number of amides is 3. The Kier molecular flexibility index (Phi) is 8.73. The summed E-state index contributed by atoms with van der Waals surface area (Å²) in [6.07, 6.45) is 0. The van der Waals surface area contributed by atoms with Gasteiger partial charge in [-0.15, -0.1) is 11.8 Å². The van der Waals surface area contributed by atoms with Crippen molar-refractivity contribution in [2.24, 2.45) is 0 Å². The molecule has 43 heavy (non-hydrogen) atoms. The van der Waals surface area contributed by atoms with Crippen molar-refractivity contribution in [3.8, 4) is 22.8 Å². The fourth-order valence-corrected chi connectivity index (χ4v) is 6.80. The second kappa shape index (κ2) is 12.3. The second-order valence-electron chi connectivity index (χ2n) is 11.7. The first-order chi connectivity index (χ1) is 20.5. The van der Waals surface area contributed by atoms with E-state index < -0.39 is 5.54 Å². The Morgan fingerprint density at radius 2 is 1.65 bits per heavy atom. The molecular weight excluding hydrogens is 566 g/mol. The highest BCUT2D eigenvalue weighted by Gasteiger charge is 2.41. The number of carbonyl (C=O) groups excluding carboxylic acids is 3. The van der Waals surface area contributed by atoms with Crippen molar-refractivity contribution < 1.29 is 23.9 Å². The molecule has 3 amide bonds. The Balaban J connectivity index is 1.68. The van der Waals surface area contributed by atoms with E-state index in [1.807, 2.05) is 74.0 Å². The van der Waals surface area contributed by atoms with Crippen LogP contribution in [-0.4, -0.2) is 90.0 Å². The highest BCUT2D eigenvalue weighted by atomic mass is 32.2. The van der Waals surface area contributed by atoms with Gasteiger partial charge in [-0.25, -0.2) is 4.68 Å². The number of hydrogen-bond donors (Lipinski definition) is 0. The molecule has 0 N–H and O–H groups in total. The zero-order chi connectivity index (χ0) is 30.9. The van der Waals surface area contributed by atoms with Gasteiger partial charge in [-0.2, -0.15) is 5.10 Å². The van der Waals surface area contributed by atoms with Crippen molar-refractivity contribution in [3.05, 3.63) is 59.7 Å². The minimum atomic E-state index is -0.510. The molecule has 1 aromatic heterocycles. The van der Waals surface area contributed by atoms with Gasteiger partial charge in [-0.05, 0) is 39.0 Å². The summed E-state index contributed by atoms with van der Waals surface area (Å²) in [6, 6.07) is 15.6. The number of ether oxygens (including phenoxy) is 2. The number of nitrogens with zero attached hydrogens (tertiary/aromatic N) is 5. The number of methoxy groups -OCH3 is 2. The summed E-state index contributed by atoms with van der Waals surface area (Å²) in [5, 5.41) is 4.81. The Bertz CT molecular complexity index is 1510. The molecule has 2 aliphatic heterocycles. The number of anilines is 1. The average molecular weight is 606 g/mol. The highest BCUT2D eigenvalue weighted by molar-refractivity contribution is 8.00. The van der Waals surface area contributed by atoms with Crippen LogP contribution in [0, 0.1) is 0 Å². The van der Waals surface area contributed by atoms with E-state index in [-0.39, 0.29) is 35.3 Å². The summed E-state index contributed by atoms with van der Waals surface area (Å²) >= 11 is 1.49. The number of thioether (sulfide) groups is 1. The fourth-order valence-electron chi connectivity index (χ4n) is 5.59. The lowest BCUT2D eigenvalue weighted by Gasteiger charge is -2.35. The van der Waals surface area contributed by atoms with Crippen LogP contribution in [-0.2, 0) is 19.9 Å². The quantitative estimate of drug-likeness (QED) is 0.416. The smallest absolute Gasteiger partial charge is 0.242 e. The topological polar surface area (TPSA) is 97.2 Å². The molecule has 0 aliphatic carbocycles. The first-order valence-electron chi connectivity index (χ1n) is 14.4. The Labute approximate surface area is 256 Å². The molecule has 2 aliphatic rings. The number of fused-ring (bicyclic) bond motifs is 1. The maximum Gasteiger partial charge on any atom is 0.242 e. The monoisotopic (exact) mass is 605 g/mol. The third-order valence-electron chi connectivity index (χ3n) is 7.86. The molecule has 10 nitrogen and oxygen atoms in total. The number of hydrogen-bond acceptors (Lipinski definition) is 7. The fraction of sp³-hybridized carbons (Fsp3) is 0.438. The van der Waals surface area contributed by atoms with E-state index in [0.29, 0.717) is 43.5 Å². The lowest BCUT2D eigenvalue weighted by molar-refractivity contribution is -0.137. The van der Waals surface area contributed by atoms with Gasteiger partial charge in [0.1, 0.15) is 23.9 Å². The number of piperazine rings is 1. The first-order valence-corrected chi connectivity index (χ1v) is 15.4. The van der Waals surface area contributed by atoms with E-state index in [2.05, 4.69) is 0 Å². The van der Waals surface area contributed by atoms with E-state index in [1.54, 1.807) is 28.9 Å².